The summed E-state index contributed by atoms with van der Waals surface area (Å²) in [4.78, 5) is 2.60. The highest BCUT2D eigenvalue weighted by Gasteiger charge is 2.37. The number of hydrogen-bond donors (Lipinski definition) is 1. The van der Waals surface area contributed by atoms with Crippen LogP contribution in [-0.2, 0) is 0 Å². The van der Waals surface area contributed by atoms with Gasteiger partial charge in [0.1, 0.15) is 0 Å². The molecule has 2 unspecified atom stereocenters. The molecule has 2 bridgehead atoms. The van der Waals surface area contributed by atoms with Crippen LogP contribution in [0, 0.1) is 11.3 Å². The van der Waals surface area contributed by atoms with Gasteiger partial charge in [-0.05, 0) is 56.8 Å². The lowest BCUT2D eigenvalue weighted by atomic mass is 9.81. The van der Waals surface area contributed by atoms with Crippen LogP contribution in [0.3, 0.4) is 0 Å². The molecule has 1 N–H and O–H groups in total. The smallest absolute Gasteiger partial charge is 0.0992 e. The van der Waals surface area contributed by atoms with Gasteiger partial charge in [-0.2, -0.15) is 5.26 Å². The predicted molar refractivity (Wildman–Crippen MR) is 81.8 cm³/mol. The summed E-state index contributed by atoms with van der Waals surface area (Å²) in [7, 11) is 0. The van der Waals surface area contributed by atoms with Crippen LogP contribution in [-0.4, -0.2) is 24.7 Å². The molecule has 2 atom stereocenters. The van der Waals surface area contributed by atoms with E-state index in [-0.39, 0.29) is 0 Å². The molecule has 2 fully saturated rings. The number of fused-ring (bicyclic) bond motifs is 2. The van der Waals surface area contributed by atoms with Crippen LogP contribution in [0.4, 0.5) is 5.69 Å². The molecule has 0 aliphatic carbocycles. The second-order valence-corrected chi connectivity index (χ2v) is 6.03. The van der Waals surface area contributed by atoms with E-state index >= 15 is 0 Å². The summed E-state index contributed by atoms with van der Waals surface area (Å²) in [6, 6.07) is 12.3. The molecule has 0 spiro atoms. The van der Waals surface area contributed by atoms with Crippen molar-refractivity contribution in [2.75, 3.05) is 11.4 Å². The van der Waals surface area contributed by atoms with Gasteiger partial charge in [-0.1, -0.05) is 13.0 Å². The molecule has 3 nitrogen and oxygen atoms in total. The van der Waals surface area contributed by atoms with E-state index < -0.39 is 0 Å². The quantitative estimate of drug-likeness (QED) is 0.916. The molecule has 2 aliphatic rings. The Kier molecular flexibility index (Phi) is 3.93. The van der Waals surface area contributed by atoms with Crippen molar-refractivity contribution in [3.63, 3.8) is 0 Å². The molecular weight excluding hydrogens is 246 g/mol. The van der Waals surface area contributed by atoms with Gasteiger partial charge < -0.3 is 10.2 Å². The summed E-state index contributed by atoms with van der Waals surface area (Å²) >= 11 is 0. The zero-order valence-corrected chi connectivity index (χ0v) is 12.2. The van der Waals surface area contributed by atoms with E-state index in [1.54, 1.807) is 0 Å². The number of piperidine rings is 2. The van der Waals surface area contributed by atoms with Gasteiger partial charge in [0.25, 0.3) is 0 Å². The summed E-state index contributed by atoms with van der Waals surface area (Å²) in [5, 5.41) is 12.7. The lowest BCUT2D eigenvalue weighted by Crippen LogP contribution is -2.56. The second kappa shape index (κ2) is 5.85. The van der Waals surface area contributed by atoms with Gasteiger partial charge in [-0.25, -0.2) is 0 Å². The van der Waals surface area contributed by atoms with Gasteiger partial charge in [0.15, 0.2) is 0 Å². The van der Waals surface area contributed by atoms with E-state index in [9.17, 15) is 0 Å². The second-order valence-electron chi connectivity index (χ2n) is 6.03. The molecule has 0 amide bonds. The zero-order valence-electron chi connectivity index (χ0n) is 12.2. The largest absolute Gasteiger partial charge is 0.365 e. The van der Waals surface area contributed by atoms with E-state index in [2.05, 4.69) is 35.3 Å². The number of hydrogen-bond acceptors (Lipinski definition) is 3. The van der Waals surface area contributed by atoms with Crippen molar-refractivity contribution in [2.24, 2.45) is 0 Å². The predicted octanol–water partition coefficient (Wildman–Crippen LogP) is 3.06. The van der Waals surface area contributed by atoms with Gasteiger partial charge in [-0.15, -0.1) is 0 Å². The minimum atomic E-state index is 0.639. The Morgan fingerprint density at radius 3 is 2.70 bits per heavy atom. The molecule has 106 valence electrons. The SMILES string of the molecule is CCNC1CC2CCCC(C1)N2c1cccc(C#N)c1. The van der Waals surface area contributed by atoms with Crippen molar-refractivity contribution in [3.8, 4) is 6.07 Å². The Hall–Kier alpha value is -1.53. The maximum Gasteiger partial charge on any atom is 0.0992 e. The third kappa shape index (κ3) is 2.53. The van der Waals surface area contributed by atoms with Crippen LogP contribution in [0.2, 0.25) is 0 Å². The number of rotatable bonds is 3. The average Bonchev–Trinajstić information content (AvgIpc) is 2.47. The zero-order chi connectivity index (χ0) is 13.9. The Morgan fingerprint density at radius 1 is 1.30 bits per heavy atom. The van der Waals surface area contributed by atoms with Gasteiger partial charge in [0, 0.05) is 23.8 Å². The van der Waals surface area contributed by atoms with Crippen molar-refractivity contribution in [1.82, 2.24) is 5.32 Å². The van der Waals surface area contributed by atoms with Gasteiger partial charge >= 0.3 is 0 Å². The number of nitrogens with one attached hydrogen (secondary N) is 1. The molecule has 2 aliphatic heterocycles. The summed E-state index contributed by atoms with van der Waals surface area (Å²) in [5.41, 5.74) is 2.02. The molecule has 2 heterocycles. The molecule has 3 rings (SSSR count). The topological polar surface area (TPSA) is 39.1 Å². The molecule has 2 saturated heterocycles. The normalized spacial score (nSPS) is 29.0. The highest BCUT2D eigenvalue weighted by Crippen LogP contribution is 2.37. The Bertz CT molecular complexity index is 491. The Labute approximate surface area is 121 Å². The van der Waals surface area contributed by atoms with Gasteiger partial charge in [0.05, 0.1) is 11.6 Å². The number of benzene rings is 1. The fraction of sp³-hybridized carbons (Fsp3) is 0.588. The summed E-state index contributed by atoms with van der Waals surface area (Å²) in [6.07, 6.45) is 6.40. The minimum absolute atomic E-state index is 0.639. The highest BCUT2D eigenvalue weighted by atomic mass is 15.2. The van der Waals surface area contributed by atoms with Crippen molar-refractivity contribution in [1.29, 1.82) is 5.26 Å². The first-order valence-corrected chi connectivity index (χ1v) is 7.83. The molecule has 0 aromatic heterocycles. The average molecular weight is 269 g/mol. The van der Waals surface area contributed by atoms with Crippen molar-refractivity contribution < 1.29 is 0 Å². The van der Waals surface area contributed by atoms with Crippen molar-refractivity contribution >= 4 is 5.69 Å². The van der Waals surface area contributed by atoms with Crippen LogP contribution in [0.15, 0.2) is 24.3 Å². The maximum atomic E-state index is 9.10. The fourth-order valence-corrected chi connectivity index (χ4v) is 3.99. The van der Waals surface area contributed by atoms with E-state index in [1.165, 1.54) is 37.8 Å². The highest BCUT2D eigenvalue weighted by molar-refractivity contribution is 5.54. The first kappa shape index (κ1) is 13.5. The van der Waals surface area contributed by atoms with E-state index in [1.807, 2.05) is 12.1 Å². The summed E-state index contributed by atoms with van der Waals surface area (Å²) < 4.78 is 0. The van der Waals surface area contributed by atoms with E-state index in [4.69, 9.17) is 5.26 Å². The maximum absolute atomic E-state index is 9.10. The number of nitrogens with zero attached hydrogens (tertiary/aromatic N) is 2. The first-order valence-electron chi connectivity index (χ1n) is 7.83. The van der Waals surface area contributed by atoms with Gasteiger partial charge in [-0.3, -0.25) is 0 Å². The summed E-state index contributed by atoms with van der Waals surface area (Å²) in [5.74, 6) is 0. The number of nitriles is 1. The van der Waals surface area contributed by atoms with Crippen molar-refractivity contribution in [2.45, 2.75) is 57.2 Å². The molecule has 3 heteroatoms. The number of anilines is 1. The van der Waals surface area contributed by atoms with Gasteiger partial charge in [0.2, 0.25) is 0 Å². The van der Waals surface area contributed by atoms with Crippen molar-refractivity contribution in [3.05, 3.63) is 29.8 Å². The standard InChI is InChI=1S/C17H23N3/c1-2-19-14-10-16-7-4-8-17(11-14)20(16)15-6-3-5-13(9-15)12-18/h3,5-6,9,14,16-17,19H,2,4,7-8,10-11H2,1H3. The summed E-state index contributed by atoms with van der Waals surface area (Å²) in [6.45, 7) is 3.26. The minimum Gasteiger partial charge on any atom is -0.365 e. The Balaban J connectivity index is 1.84. The van der Waals surface area contributed by atoms with Crippen LogP contribution in [0.25, 0.3) is 0 Å². The van der Waals surface area contributed by atoms with Crippen LogP contribution < -0.4 is 10.2 Å². The fourth-order valence-electron chi connectivity index (χ4n) is 3.99. The molecule has 1 aromatic rings. The van der Waals surface area contributed by atoms with Crippen LogP contribution >= 0.6 is 0 Å². The monoisotopic (exact) mass is 269 g/mol. The molecule has 1 aromatic carbocycles. The molecular formula is C17H23N3. The van der Waals surface area contributed by atoms with Crippen LogP contribution in [0.1, 0.15) is 44.6 Å². The molecule has 0 radical (unpaired) electrons. The van der Waals surface area contributed by atoms with E-state index in [0.717, 1.165) is 12.1 Å². The first-order chi connectivity index (χ1) is 9.81. The molecule has 20 heavy (non-hydrogen) atoms. The third-order valence-corrected chi connectivity index (χ3v) is 4.74. The third-order valence-electron chi connectivity index (χ3n) is 4.74. The van der Waals surface area contributed by atoms with E-state index in [0.29, 0.717) is 18.1 Å². The lowest BCUT2D eigenvalue weighted by molar-refractivity contribution is 0.247. The van der Waals surface area contributed by atoms with Crippen LogP contribution in [0.5, 0.6) is 0 Å². The lowest BCUT2D eigenvalue weighted by Gasteiger charge is -2.50. The Morgan fingerprint density at radius 2 is 2.05 bits per heavy atom. The molecule has 0 saturated carbocycles.